The molecule has 5 heteroatoms. The van der Waals surface area contributed by atoms with E-state index in [2.05, 4.69) is 4.90 Å². The molecule has 0 spiro atoms. The van der Waals surface area contributed by atoms with Crippen molar-refractivity contribution in [2.24, 2.45) is 5.92 Å². The first-order valence-corrected chi connectivity index (χ1v) is 9.50. The Morgan fingerprint density at radius 3 is 2.36 bits per heavy atom. The van der Waals surface area contributed by atoms with Crippen molar-refractivity contribution in [1.29, 1.82) is 0 Å². The predicted molar refractivity (Wildman–Crippen MR) is 98.0 cm³/mol. The summed E-state index contributed by atoms with van der Waals surface area (Å²) < 4.78 is 0. The fourth-order valence-electron chi connectivity index (χ4n) is 4.09. The number of aromatic carboxylic acids is 1. The van der Waals surface area contributed by atoms with Crippen molar-refractivity contribution in [2.45, 2.75) is 44.9 Å². The van der Waals surface area contributed by atoms with E-state index in [9.17, 15) is 14.7 Å². The summed E-state index contributed by atoms with van der Waals surface area (Å²) >= 11 is 0. The van der Waals surface area contributed by atoms with E-state index in [4.69, 9.17) is 0 Å². The van der Waals surface area contributed by atoms with Crippen molar-refractivity contribution in [3.05, 3.63) is 29.8 Å². The van der Waals surface area contributed by atoms with Crippen LogP contribution in [0.4, 0.5) is 5.69 Å². The van der Waals surface area contributed by atoms with Crippen LogP contribution in [0.1, 0.15) is 55.3 Å². The fourth-order valence-corrected chi connectivity index (χ4v) is 4.09. The van der Waals surface area contributed by atoms with E-state index < -0.39 is 5.97 Å². The van der Waals surface area contributed by atoms with Gasteiger partial charge in [-0.05, 0) is 24.5 Å². The number of carbonyl (C=O) groups is 2. The minimum atomic E-state index is -0.901. The lowest BCUT2D eigenvalue weighted by Gasteiger charge is -2.37. The van der Waals surface area contributed by atoms with Gasteiger partial charge >= 0.3 is 5.97 Å². The molecule has 0 aromatic heterocycles. The molecule has 0 radical (unpaired) electrons. The topological polar surface area (TPSA) is 60.9 Å². The molecule has 1 N–H and O–H groups in total. The van der Waals surface area contributed by atoms with Gasteiger partial charge in [0.1, 0.15) is 0 Å². The largest absolute Gasteiger partial charge is 0.478 e. The van der Waals surface area contributed by atoms with E-state index in [1.54, 1.807) is 12.1 Å². The van der Waals surface area contributed by atoms with Crippen molar-refractivity contribution in [3.63, 3.8) is 0 Å². The molecule has 3 rings (SSSR count). The van der Waals surface area contributed by atoms with Gasteiger partial charge in [-0.1, -0.05) is 44.2 Å². The quantitative estimate of drug-likeness (QED) is 0.889. The number of benzene rings is 1. The van der Waals surface area contributed by atoms with E-state index in [0.717, 1.165) is 18.0 Å². The van der Waals surface area contributed by atoms with Crippen LogP contribution in [-0.2, 0) is 4.79 Å². The molecule has 5 nitrogen and oxygen atoms in total. The number of anilines is 1. The molecule has 2 aliphatic rings. The fraction of sp³-hybridized carbons (Fsp3) is 0.600. The van der Waals surface area contributed by atoms with Crippen molar-refractivity contribution < 1.29 is 14.7 Å². The lowest BCUT2D eigenvalue weighted by Crippen LogP contribution is -2.49. The van der Waals surface area contributed by atoms with Crippen LogP contribution in [0.5, 0.6) is 0 Å². The molecule has 1 saturated heterocycles. The minimum absolute atomic E-state index is 0.261. The second-order valence-corrected chi connectivity index (χ2v) is 7.23. The summed E-state index contributed by atoms with van der Waals surface area (Å²) in [4.78, 5) is 27.9. The highest BCUT2D eigenvalue weighted by atomic mass is 16.4. The molecule has 2 fully saturated rings. The average molecular weight is 344 g/mol. The van der Waals surface area contributed by atoms with E-state index in [1.165, 1.54) is 32.1 Å². The molecule has 1 aromatic carbocycles. The number of para-hydroxylation sites is 1. The summed E-state index contributed by atoms with van der Waals surface area (Å²) in [6.45, 7) is 2.74. The number of carboxylic acid groups (broad SMARTS) is 1. The maximum absolute atomic E-state index is 12.5. The molecule has 1 aliphatic carbocycles. The number of carboxylic acids is 1. The molecule has 0 bridgehead atoms. The Morgan fingerprint density at radius 2 is 1.68 bits per heavy atom. The van der Waals surface area contributed by atoms with Gasteiger partial charge in [0.05, 0.1) is 11.3 Å². The third-order valence-corrected chi connectivity index (χ3v) is 5.60. The molecule has 1 saturated carbocycles. The SMILES string of the molecule is O=C(O)c1ccccc1N1CCN(C(=O)CCC2CCCCC2)CC1. The van der Waals surface area contributed by atoms with Gasteiger partial charge in [0.25, 0.3) is 0 Å². The number of amides is 1. The third kappa shape index (κ3) is 4.53. The van der Waals surface area contributed by atoms with Crippen molar-refractivity contribution >= 4 is 17.6 Å². The van der Waals surface area contributed by atoms with Crippen LogP contribution in [0.25, 0.3) is 0 Å². The number of hydrogen-bond donors (Lipinski definition) is 1. The van der Waals surface area contributed by atoms with E-state index in [0.29, 0.717) is 38.2 Å². The maximum atomic E-state index is 12.5. The number of piperazine rings is 1. The van der Waals surface area contributed by atoms with Gasteiger partial charge in [-0.25, -0.2) is 4.79 Å². The molecule has 0 atom stereocenters. The first-order chi connectivity index (χ1) is 12.1. The molecule has 1 aromatic rings. The van der Waals surface area contributed by atoms with E-state index >= 15 is 0 Å². The van der Waals surface area contributed by atoms with Crippen LogP contribution in [0, 0.1) is 5.92 Å². The zero-order valence-corrected chi connectivity index (χ0v) is 14.8. The minimum Gasteiger partial charge on any atom is -0.478 e. The number of hydrogen-bond acceptors (Lipinski definition) is 3. The number of carbonyl (C=O) groups excluding carboxylic acids is 1. The highest BCUT2D eigenvalue weighted by molar-refractivity contribution is 5.94. The van der Waals surface area contributed by atoms with Gasteiger partial charge in [0, 0.05) is 32.6 Å². The Labute approximate surface area is 149 Å². The molecular weight excluding hydrogens is 316 g/mol. The Morgan fingerprint density at radius 1 is 1.00 bits per heavy atom. The average Bonchev–Trinajstić information content (AvgIpc) is 2.67. The van der Waals surface area contributed by atoms with E-state index in [-0.39, 0.29) is 5.91 Å². The van der Waals surface area contributed by atoms with E-state index in [1.807, 2.05) is 17.0 Å². The summed E-state index contributed by atoms with van der Waals surface area (Å²) in [6.07, 6.45) is 8.25. The highest BCUT2D eigenvalue weighted by Crippen LogP contribution is 2.28. The molecule has 1 aliphatic heterocycles. The van der Waals surface area contributed by atoms with Crippen molar-refractivity contribution in [2.75, 3.05) is 31.1 Å². The molecule has 1 heterocycles. The normalized spacial score (nSPS) is 19.0. The Balaban J connectivity index is 1.50. The maximum Gasteiger partial charge on any atom is 0.337 e. The second-order valence-electron chi connectivity index (χ2n) is 7.23. The van der Waals surface area contributed by atoms with Gasteiger partial charge in [0.15, 0.2) is 0 Å². The molecule has 0 unspecified atom stereocenters. The lowest BCUT2D eigenvalue weighted by molar-refractivity contribution is -0.131. The molecule has 1 amide bonds. The predicted octanol–water partition coefficient (Wildman–Crippen LogP) is 3.39. The first kappa shape index (κ1) is 17.8. The standard InChI is InChI=1S/C20H28N2O3/c23-19(11-10-16-6-2-1-3-7-16)22-14-12-21(13-15-22)18-9-5-4-8-17(18)20(24)25/h4-5,8-9,16H,1-3,6-7,10-15H2,(H,24,25). The van der Waals surface area contributed by atoms with Crippen LogP contribution in [0.3, 0.4) is 0 Å². The summed E-state index contributed by atoms with van der Waals surface area (Å²) in [5.74, 6) is 0.0970. The summed E-state index contributed by atoms with van der Waals surface area (Å²) in [5.41, 5.74) is 1.09. The van der Waals surface area contributed by atoms with Crippen LogP contribution in [0.2, 0.25) is 0 Å². The molecule has 25 heavy (non-hydrogen) atoms. The zero-order valence-electron chi connectivity index (χ0n) is 14.8. The Hall–Kier alpha value is -2.04. The zero-order chi connectivity index (χ0) is 17.6. The van der Waals surface area contributed by atoms with Crippen molar-refractivity contribution in [3.8, 4) is 0 Å². The van der Waals surface area contributed by atoms with Crippen LogP contribution < -0.4 is 4.90 Å². The van der Waals surface area contributed by atoms with Crippen LogP contribution >= 0.6 is 0 Å². The number of nitrogens with zero attached hydrogens (tertiary/aromatic N) is 2. The molecular formula is C20H28N2O3. The van der Waals surface area contributed by atoms with Crippen LogP contribution in [-0.4, -0.2) is 48.1 Å². The molecule has 136 valence electrons. The Kier molecular flexibility index (Phi) is 5.95. The van der Waals surface area contributed by atoms with Gasteiger partial charge < -0.3 is 14.9 Å². The van der Waals surface area contributed by atoms with Gasteiger partial charge in [0.2, 0.25) is 5.91 Å². The smallest absolute Gasteiger partial charge is 0.337 e. The first-order valence-electron chi connectivity index (χ1n) is 9.50. The highest BCUT2D eigenvalue weighted by Gasteiger charge is 2.24. The number of rotatable bonds is 5. The van der Waals surface area contributed by atoms with Crippen LogP contribution in [0.15, 0.2) is 24.3 Å². The second kappa shape index (κ2) is 8.37. The summed E-state index contributed by atoms with van der Waals surface area (Å²) in [5, 5.41) is 9.34. The monoisotopic (exact) mass is 344 g/mol. The lowest BCUT2D eigenvalue weighted by atomic mass is 9.86. The van der Waals surface area contributed by atoms with Gasteiger partial charge in [-0.2, -0.15) is 0 Å². The summed E-state index contributed by atoms with van der Waals surface area (Å²) in [6, 6.07) is 7.10. The summed E-state index contributed by atoms with van der Waals surface area (Å²) in [7, 11) is 0. The van der Waals surface area contributed by atoms with Gasteiger partial charge in [-0.15, -0.1) is 0 Å². The third-order valence-electron chi connectivity index (χ3n) is 5.60. The van der Waals surface area contributed by atoms with Crippen molar-refractivity contribution in [1.82, 2.24) is 4.90 Å². The van der Waals surface area contributed by atoms with Gasteiger partial charge in [-0.3, -0.25) is 4.79 Å². The Bertz CT molecular complexity index is 603.